The summed E-state index contributed by atoms with van der Waals surface area (Å²) in [6, 6.07) is 9.42. The van der Waals surface area contributed by atoms with Gasteiger partial charge in [-0.15, -0.1) is 0 Å². The second kappa shape index (κ2) is 9.20. The van der Waals surface area contributed by atoms with Crippen molar-refractivity contribution in [3.63, 3.8) is 0 Å². The van der Waals surface area contributed by atoms with Crippen molar-refractivity contribution in [2.24, 2.45) is 0 Å². The van der Waals surface area contributed by atoms with Crippen molar-refractivity contribution in [3.05, 3.63) is 64.9 Å². The lowest BCUT2D eigenvalue weighted by Gasteiger charge is -2.42. The molecule has 1 heterocycles. The SMILES string of the molecule is O=C1CC[C@@H](N(O)N(c2cccc(F)c2)C(C(=O)NC2CC(F)(F)C2)c2ccccc2Cl)N1. The second-order valence-corrected chi connectivity index (χ2v) is 8.57. The molecule has 0 bridgehead atoms. The molecule has 2 aliphatic rings. The molecule has 2 amide bonds. The van der Waals surface area contributed by atoms with E-state index in [2.05, 4.69) is 10.6 Å². The average Bonchev–Trinajstić information content (AvgIpc) is 3.17. The van der Waals surface area contributed by atoms with Crippen molar-refractivity contribution >= 4 is 29.1 Å². The highest BCUT2D eigenvalue weighted by Crippen LogP contribution is 2.39. The van der Waals surface area contributed by atoms with Gasteiger partial charge in [-0.3, -0.25) is 19.8 Å². The zero-order valence-corrected chi connectivity index (χ0v) is 18.1. The van der Waals surface area contributed by atoms with Gasteiger partial charge in [0.2, 0.25) is 11.8 Å². The van der Waals surface area contributed by atoms with Gasteiger partial charge in [0, 0.05) is 35.9 Å². The molecular formula is C22H22ClF3N4O3. The average molecular weight is 483 g/mol. The first-order valence-electron chi connectivity index (χ1n) is 10.4. The minimum absolute atomic E-state index is 0.0951. The molecule has 1 saturated carbocycles. The molecular weight excluding hydrogens is 461 g/mol. The van der Waals surface area contributed by atoms with Gasteiger partial charge in [-0.25, -0.2) is 13.2 Å². The summed E-state index contributed by atoms with van der Waals surface area (Å²) in [7, 11) is 0. The molecule has 3 N–H and O–H groups in total. The monoisotopic (exact) mass is 482 g/mol. The van der Waals surface area contributed by atoms with Crippen LogP contribution in [0.3, 0.4) is 0 Å². The lowest BCUT2D eigenvalue weighted by atomic mass is 9.88. The fourth-order valence-corrected chi connectivity index (χ4v) is 4.29. The highest BCUT2D eigenvalue weighted by Gasteiger charge is 2.47. The molecule has 1 aliphatic heterocycles. The zero-order chi connectivity index (χ0) is 23.8. The summed E-state index contributed by atoms with van der Waals surface area (Å²) in [5.74, 6) is -4.49. The number of rotatable bonds is 7. The Labute approximate surface area is 193 Å². The number of anilines is 1. The fourth-order valence-electron chi connectivity index (χ4n) is 4.05. The molecule has 11 heteroatoms. The Hall–Kier alpha value is -2.82. The van der Waals surface area contributed by atoms with E-state index in [9.17, 15) is 28.0 Å². The molecule has 2 aromatic carbocycles. The van der Waals surface area contributed by atoms with Crippen LogP contribution in [-0.2, 0) is 9.59 Å². The first-order valence-corrected chi connectivity index (χ1v) is 10.8. The van der Waals surface area contributed by atoms with Crippen LogP contribution in [0.4, 0.5) is 18.9 Å². The van der Waals surface area contributed by atoms with E-state index in [1.54, 1.807) is 18.2 Å². The van der Waals surface area contributed by atoms with Crippen molar-refractivity contribution < 1.29 is 28.0 Å². The van der Waals surface area contributed by atoms with E-state index < -0.39 is 48.7 Å². The van der Waals surface area contributed by atoms with E-state index >= 15 is 0 Å². The van der Waals surface area contributed by atoms with Crippen LogP contribution in [-0.4, -0.2) is 40.3 Å². The lowest BCUT2D eigenvalue weighted by Crippen LogP contribution is -2.58. The van der Waals surface area contributed by atoms with Crippen LogP contribution in [0.25, 0.3) is 0 Å². The van der Waals surface area contributed by atoms with Gasteiger partial charge in [0.05, 0.1) is 5.69 Å². The van der Waals surface area contributed by atoms with Gasteiger partial charge in [0.15, 0.2) is 6.04 Å². The highest BCUT2D eigenvalue weighted by molar-refractivity contribution is 6.31. The summed E-state index contributed by atoms with van der Waals surface area (Å²) < 4.78 is 40.8. The Balaban J connectivity index is 1.76. The summed E-state index contributed by atoms with van der Waals surface area (Å²) in [6.07, 6.45) is -1.53. The molecule has 2 fully saturated rings. The highest BCUT2D eigenvalue weighted by atomic mass is 35.5. The van der Waals surface area contributed by atoms with Gasteiger partial charge in [0.25, 0.3) is 5.92 Å². The number of amides is 2. The first-order chi connectivity index (χ1) is 15.6. The number of hydrogen-bond donors (Lipinski definition) is 3. The third-order valence-electron chi connectivity index (χ3n) is 5.67. The maximum absolute atomic E-state index is 14.1. The van der Waals surface area contributed by atoms with E-state index in [0.717, 1.165) is 11.1 Å². The summed E-state index contributed by atoms with van der Waals surface area (Å²) in [4.78, 5) is 25.2. The van der Waals surface area contributed by atoms with Crippen LogP contribution in [0.1, 0.15) is 37.3 Å². The Kier molecular flexibility index (Phi) is 6.51. The maximum Gasteiger partial charge on any atom is 0.252 e. The topological polar surface area (TPSA) is 84.9 Å². The molecule has 2 aromatic rings. The minimum Gasteiger partial charge on any atom is -0.351 e. The van der Waals surface area contributed by atoms with E-state index in [1.165, 1.54) is 24.3 Å². The number of alkyl halides is 2. The Morgan fingerprint density at radius 2 is 1.94 bits per heavy atom. The van der Waals surface area contributed by atoms with Crippen LogP contribution in [0.5, 0.6) is 0 Å². The van der Waals surface area contributed by atoms with Crippen molar-refractivity contribution in [2.75, 3.05) is 5.01 Å². The predicted octanol–water partition coefficient (Wildman–Crippen LogP) is 3.78. The number of hydrazine groups is 1. The smallest absolute Gasteiger partial charge is 0.252 e. The van der Waals surface area contributed by atoms with E-state index in [4.69, 9.17) is 11.6 Å². The Bertz CT molecular complexity index is 1050. The summed E-state index contributed by atoms with van der Waals surface area (Å²) >= 11 is 6.37. The molecule has 0 radical (unpaired) electrons. The Morgan fingerprint density at radius 1 is 1.21 bits per heavy atom. The van der Waals surface area contributed by atoms with E-state index in [0.29, 0.717) is 5.17 Å². The van der Waals surface area contributed by atoms with Gasteiger partial charge in [-0.05, 0) is 30.7 Å². The van der Waals surface area contributed by atoms with E-state index in [-0.39, 0.29) is 35.0 Å². The molecule has 0 aromatic heterocycles. The largest absolute Gasteiger partial charge is 0.351 e. The number of nitrogens with zero attached hydrogens (tertiary/aromatic N) is 2. The van der Waals surface area contributed by atoms with Crippen molar-refractivity contribution in [1.82, 2.24) is 15.8 Å². The number of hydroxylamine groups is 1. The number of carbonyl (C=O) groups excluding carboxylic acids is 2. The van der Waals surface area contributed by atoms with Crippen molar-refractivity contribution in [1.29, 1.82) is 0 Å². The Morgan fingerprint density at radius 3 is 2.55 bits per heavy atom. The van der Waals surface area contributed by atoms with Crippen LogP contribution in [0.2, 0.25) is 5.02 Å². The molecule has 4 rings (SSSR count). The van der Waals surface area contributed by atoms with Gasteiger partial charge < -0.3 is 10.6 Å². The number of carbonyl (C=O) groups is 2. The molecule has 33 heavy (non-hydrogen) atoms. The van der Waals surface area contributed by atoms with Crippen LogP contribution in [0.15, 0.2) is 48.5 Å². The molecule has 1 saturated heterocycles. The molecule has 1 aliphatic carbocycles. The summed E-state index contributed by atoms with van der Waals surface area (Å²) in [5.41, 5.74) is 0.355. The normalized spacial score (nSPS) is 20.8. The molecule has 1 unspecified atom stereocenters. The van der Waals surface area contributed by atoms with Gasteiger partial charge in [-0.1, -0.05) is 41.0 Å². The summed E-state index contributed by atoms with van der Waals surface area (Å²) in [5, 5.41) is 18.2. The third-order valence-corrected chi connectivity index (χ3v) is 6.02. The van der Waals surface area contributed by atoms with Crippen molar-refractivity contribution in [2.45, 2.75) is 49.9 Å². The number of hydrogen-bond acceptors (Lipinski definition) is 5. The van der Waals surface area contributed by atoms with E-state index in [1.807, 2.05) is 0 Å². The number of nitrogens with one attached hydrogen (secondary N) is 2. The standard InChI is InChI=1S/C22H22ClF3N4O3/c23-17-7-2-1-6-16(17)20(21(32)27-14-11-22(25,26)12-14)29(15-5-3-4-13(24)10-15)30(33)18-8-9-19(31)28-18/h1-7,10,14,18,20,33H,8-9,11-12H2,(H,27,32)(H,28,31)/t18-,20?/m1/s1. The number of halogens is 4. The van der Waals surface area contributed by atoms with Crippen molar-refractivity contribution in [3.8, 4) is 0 Å². The minimum atomic E-state index is -2.85. The molecule has 0 spiro atoms. The van der Waals surface area contributed by atoms with Crippen LogP contribution < -0.4 is 15.6 Å². The van der Waals surface area contributed by atoms with Gasteiger partial charge in [0.1, 0.15) is 12.0 Å². The van der Waals surface area contributed by atoms with Crippen LogP contribution >= 0.6 is 11.6 Å². The molecule has 2 atom stereocenters. The quantitative estimate of drug-likeness (QED) is 0.523. The predicted molar refractivity (Wildman–Crippen MR) is 114 cm³/mol. The van der Waals surface area contributed by atoms with Gasteiger partial charge >= 0.3 is 0 Å². The van der Waals surface area contributed by atoms with Gasteiger partial charge in [-0.2, -0.15) is 0 Å². The lowest BCUT2D eigenvalue weighted by molar-refractivity contribution is -0.158. The molecule has 176 valence electrons. The summed E-state index contributed by atoms with van der Waals surface area (Å²) in [6.45, 7) is 0. The zero-order valence-electron chi connectivity index (χ0n) is 17.3. The molecule has 7 nitrogen and oxygen atoms in total. The second-order valence-electron chi connectivity index (χ2n) is 8.16. The van der Waals surface area contributed by atoms with Crippen LogP contribution in [0, 0.1) is 5.82 Å². The number of benzene rings is 2. The maximum atomic E-state index is 14.1. The fraction of sp³-hybridized carbons (Fsp3) is 0.364. The third kappa shape index (κ3) is 5.07. The first kappa shape index (κ1) is 23.3.